The second-order valence-electron chi connectivity index (χ2n) is 1.92. The lowest BCUT2D eigenvalue weighted by Gasteiger charge is -1.93. The minimum absolute atomic E-state index is 0.251. The van der Waals surface area contributed by atoms with E-state index < -0.39 is 0 Å². The van der Waals surface area contributed by atoms with Crippen LogP contribution >= 0.6 is 0 Å². The molecule has 0 aromatic heterocycles. The minimum atomic E-state index is 0.251. The van der Waals surface area contributed by atoms with E-state index in [9.17, 15) is 0 Å². The van der Waals surface area contributed by atoms with Crippen molar-refractivity contribution < 1.29 is 0 Å². The number of nitrogens with one attached hydrogen (secondary N) is 2. The average molecular weight is 163 g/mol. The summed E-state index contributed by atoms with van der Waals surface area (Å²) in [5.74, 6) is 0. The highest BCUT2D eigenvalue weighted by Crippen LogP contribution is 1.96. The van der Waals surface area contributed by atoms with Gasteiger partial charge in [0.2, 0.25) is 0 Å². The second-order valence-corrected chi connectivity index (χ2v) is 1.92. The first-order valence-electron chi connectivity index (χ1n) is 3.57. The SMILES string of the molecule is CN.N=CC(=N)c1ccccc1. The predicted octanol–water partition coefficient (Wildman–Crippen LogP) is 1.28. The molecule has 3 nitrogen and oxygen atoms in total. The summed E-state index contributed by atoms with van der Waals surface area (Å²) in [5.41, 5.74) is 5.54. The lowest BCUT2D eigenvalue weighted by Crippen LogP contribution is -1.97. The van der Waals surface area contributed by atoms with E-state index in [1.807, 2.05) is 30.3 Å². The predicted molar refractivity (Wildman–Crippen MR) is 52.2 cm³/mol. The van der Waals surface area contributed by atoms with Crippen molar-refractivity contribution >= 4 is 11.9 Å². The Morgan fingerprint density at radius 1 is 1.25 bits per heavy atom. The van der Waals surface area contributed by atoms with E-state index in [4.69, 9.17) is 10.8 Å². The lowest BCUT2D eigenvalue weighted by molar-refractivity contribution is 1.48. The van der Waals surface area contributed by atoms with Crippen LogP contribution in [0.1, 0.15) is 5.56 Å². The molecule has 0 aliphatic rings. The van der Waals surface area contributed by atoms with Crippen LogP contribution in [0.5, 0.6) is 0 Å². The topological polar surface area (TPSA) is 73.7 Å². The van der Waals surface area contributed by atoms with Gasteiger partial charge in [0, 0.05) is 11.8 Å². The summed E-state index contributed by atoms with van der Waals surface area (Å²) >= 11 is 0. The van der Waals surface area contributed by atoms with E-state index in [1.54, 1.807) is 0 Å². The Bertz CT molecular complexity index is 241. The number of nitrogens with two attached hydrogens (primary N) is 1. The van der Waals surface area contributed by atoms with E-state index in [-0.39, 0.29) is 5.71 Å². The maximum atomic E-state index is 7.24. The van der Waals surface area contributed by atoms with Crippen molar-refractivity contribution in [1.29, 1.82) is 10.8 Å². The molecule has 0 heterocycles. The van der Waals surface area contributed by atoms with E-state index in [0.717, 1.165) is 11.8 Å². The standard InChI is InChI=1S/C8H8N2.CH5N/c9-6-8(10)7-4-2-1-3-5-7;1-2/h1-6,9-10H;2H2,1H3. The smallest absolute Gasteiger partial charge is 0.0787 e. The summed E-state index contributed by atoms with van der Waals surface area (Å²) in [6, 6.07) is 9.22. The van der Waals surface area contributed by atoms with Crippen molar-refractivity contribution in [3.63, 3.8) is 0 Å². The molecule has 0 saturated heterocycles. The van der Waals surface area contributed by atoms with Crippen LogP contribution < -0.4 is 5.73 Å². The molecular formula is C9H13N3. The normalized spacial score (nSPS) is 7.83. The summed E-state index contributed by atoms with van der Waals surface area (Å²) < 4.78 is 0. The molecule has 0 spiro atoms. The molecule has 0 radical (unpaired) electrons. The Kier molecular flexibility index (Phi) is 5.47. The van der Waals surface area contributed by atoms with Crippen LogP contribution in [0.2, 0.25) is 0 Å². The molecule has 0 atom stereocenters. The van der Waals surface area contributed by atoms with Crippen molar-refractivity contribution in [3.05, 3.63) is 35.9 Å². The Morgan fingerprint density at radius 3 is 2.17 bits per heavy atom. The molecule has 0 aliphatic heterocycles. The molecule has 0 bridgehead atoms. The van der Waals surface area contributed by atoms with Gasteiger partial charge in [-0.2, -0.15) is 0 Å². The number of benzene rings is 1. The fourth-order valence-electron chi connectivity index (χ4n) is 0.701. The maximum absolute atomic E-state index is 7.24. The number of hydrogen-bond acceptors (Lipinski definition) is 3. The Balaban J connectivity index is 0.000000561. The van der Waals surface area contributed by atoms with E-state index in [1.165, 1.54) is 7.05 Å². The van der Waals surface area contributed by atoms with Crippen molar-refractivity contribution in [2.24, 2.45) is 5.73 Å². The molecule has 0 fully saturated rings. The Labute approximate surface area is 72.2 Å². The Morgan fingerprint density at radius 2 is 1.75 bits per heavy atom. The molecule has 1 aromatic carbocycles. The van der Waals surface area contributed by atoms with Gasteiger partial charge in [-0.25, -0.2) is 0 Å². The van der Waals surface area contributed by atoms with Crippen molar-refractivity contribution in [1.82, 2.24) is 0 Å². The largest absolute Gasteiger partial charge is 0.333 e. The summed E-state index contributed by atoms with van der Waals surface area (Å²) in [4.78, 5) is 0. The second kappa shape index (κ2) is 6.24. The van der Waals surface area contributed by atoms with Gasteiger partial charge in [0.1, 0.15) is 0 Å². The van der Waals surface area contributed by atoms with Crippen LogP contribution in [0.4, 0.5) is 0 Å². The van der Waals surface area contributed by atoms with Crippen LogP contribution in [0, 0.1) is 10.8 Å². The van der Waals surface area contributed by atoms with Gasteiger partial charge in [-0.3, -0.25) is 5.41 Å². The Hall–Kier alpha value is -1.48. The van der Waals surface area contributed by atoms with Gasteiger partial charge >= 0.3 is 0 Å². The van der Waals surface area contributed by atoms with E-state index in [0.29, 0.717) is 0 Å². The van der Waals surface area contributed by atoms with Crippen LogP contribution in [0.25, 0.3) is 0 Å². The highest BCUT2D eigenvalue weighted by molar-refractivity contribution is 6.35. The maximum Gasteiger partial charge on any atom is 0.0787 e. The van der Waals surface area contributed by atoms with E-state index >= 15 is 0 Å². The first kappa shape index (κ1) is 10.5. The third-order valence-corrected chi connectivity index (χ3v) is 1.23. The third-order valence-electron chi connectivity index (χ3n) is 1.23. The molecular weight excluding hydrogens is 150 g/mol. The molecule has 0 unspecified atom stereocenters. The molecule has 0 aliphatic carbocycles. The highest BCUT2D eigenvalue weighted by Gasteiger charge is 1.92. The monoisotopic (exact) mass is 163 g/mol. The summed E-state index contributed by atoms with van der Waals surface area (Å²) in [6.45, 7) is 0. The molecule has 4 N–H and O–H groups in total. The molecule has 0 saturated carbocycles. The summed E-state index contributed by atoms with van der Waals surface area (Å²) in [6.07, 6.45) is 1.04. The van der Waals surface area contributed by atoms with Crippen LogP contribution in [-0.4, -0.2) is 19.0 Å². The molecule has 1 aromatic rings. The first-order chi connectivity index (χ1) is 5.84. The fraction of sp³-hybridized carbons (Fsp3) is 0.111. The van der Waals surface area contributed by atoms with Gasteiger partial charge in [-0.05, 0) is 7.05 Å². The first-order valence-corrected chi connectivity index (χ1v) is 3.57. The number of rotatable bonds is 2. The van der Waals surface area contributed by atoms with Crippen molar-refractivity contribution in [2.45, 2.75) is 0 Å². The molecule has 0 amide bonds. The van der Waals surface area contributed by atoms with Crippen molar-refractivity contribution in [2.75, 3.05) is 7.05 Å². The van der Waals surface area contributed by atoms with Crippen LogP contribution in [-0.2, 0) is 0 Å². The average Bonchev–Trinajstić information content (AvgIpc) is 2.21. The summed E-state index contributed by atoms with van der Waals surface area (Å²) in [5, 5.41) is 14.0. The van der Waals surface area contributed by atoms with Gasteiger partial charge in [0.05, 0.1) is 5.71 Å². The number of hydrogen-bond donors (Lipinski definition) is 3. The molecule has 1 rings (SSSR count). The fourth-order valence-corrected chi connectivity index (χ4v) is 0.701. The quantitative estimate of drug-likeness (QED) is 0.564. The zero-order valence-electron chi connectivity index (χ0n) is 7.04. The zero-order chi connectivity index (χ0) is 9.40. The highest BCUT2D eigenvalue weighted by atomic mass is 14.5. The zero-order valence-corrected chi connectivity index (χ0v) is 7.04. The minimum Gasteiger partial charge on any atom is -0.333 e. The molecule has 64 valence electrons. The lowest BCUT2D eigenvalue weighted by atomic mass is 10.1. The van der Waals surface area contributed by atoms with Gasteiger partial charge in [0.25, 0.3) is 0 Å². The van der Waals surface area contributed by atoms with Gasteiger partial charge < -0.3 is 11.1 Å². The van der Waals surface area contributed by atoms with E-state index in [2.05, 4.69) is 5.73 Å². The van der Waals surface area contributed by atoms with Gasteiger partial charge in [0.15, 0.2) is 0 Å². The van der Waals surface area contributed by atoms with Gasteiger partial charge in [-0.15, -0.1) is 0 Å². The molecule has 12 heavy (non-hydrogen) atoms. The summed E-state index contributed by atoms with van der Waals surface area (Å²) in [7, 11) is 1.50. The van der Waals surface area contributed by atoms with Gasteiger partial charge in [-0.1, -0.05) is 30.3 Å². The van der Waals surface area contributed by atoms with Crippen molar-refractivity contribution in [3.8, 4) is 0 Å². The van der Waals surface area contributed by atoms with Crippen LogP contribution in [0.3, 0.4) is 0 Å². The third kappa shape index (κ3) is 3.07. The molecule has 3 heteroatoms. The van der Waals surface area contributed by atoms with Crippen LogP contribution in [0.15, 0.2) is 30.3 Å².